The van der Waals surface area contributed by atoms with Gasteiger partial charge in [-0.25, -0.2) is 4.79 Å². The molecule has 3 aliphatic heterocycles. The van der Waals surface area contributed by atoms with Crippen LogP contribution >= 0.6 is 0 Å². The maximum absolute atomic E-state index is 15.0. The molecule has 7 fully saturated rings. The average molecular weight is 957 g/mol. The highest BCUT2D eigenvalue weighted by atomic mass is 16.7. The van der Waals surface area contributed by atoms with Gasteiger partial charge in [-0.3, -0.25) is 4.79 Å². The summed E-state index contributed by atoms with van der Waals surface area (Å²) in [7, 11) is 0. The maximum Gasteiger partial charge on any atom is 0.335 e. The van der Waals surface area contributed by atoms with Crippen LogP contribution in [0.3, 0.4) is 0 Å². The lowest BCUT2D eigenvalue weighted by Crippen LogP contribution is -2.66. The normalized spacial score (nSPS) is 52.6. The zero-order chi connectivity index (χ0) is 49.1. The van der Waals surface area contributed by atoms with Gasteiger partial charge < -0.3 is 84.6 Å². The molecule has 0 unspecified atom stereocenters. The SMILES string of the molecule is CC1(C)CC[C@]2(C(=O)O[C@@H]3O[C@H](CO[C@@H]4O[C@H](CO)[C@@H](O)[C@H](O)[C@H]4O)[C@@H](O)[C@H](O)[C@H]3O)CC[C@]3(C)C(=CC[C@@H]4[C@@]5(C)CC[C@H](O[C@@H]6O[C@H](C(=O)O)[C@@H](O)[C@H](O)[C@H]6O)C(C)(C)[C@@H]5CC[C@]43C)[C@@H]2C1. The Balaban J connectivity index is 1.01. The number of rotatable bonds is 9. The summed E-state index contributed by atoms with van der Waals surface area (Å²) >= 11 is 0. The van der Waals surface area contributed by atoms with Gasteiger partial charge in [0.15, 0.2) is 18.7 Å². The standard InChI is InChI=1S/C48H76O19/c1-43(2)14-16-48(42(61)67-40-35(57)31(53)29(51)24(64-40)20-62-39-34(56)30(52)28(50)23(19-49)63-39)17-15-46(6)21(22(48)18-43)8-9-26-45(5)12-11-27(44(3,4)25(45)10-13-47(26,46)7)65-41-36(58)32(54)33(55)37(66-41)38(59)60/h8,22-37,39-41,49-58H,9-20H2,1-7H3,(H,59,60)/t22-,23+,24+,25-,26+,27-,28+,29+,30-,31-,32-,33-,34+,35+,36+,37-,39+,40-,41+,45-,46+,47+,48-/m0/s1. The van der Waals surface area contributed by atoms with Crippen LogP contribution in [0.2, 0.25) is 0 Å². The molecule has 0 aromatic carbocycles. The molecule has 0 spiro atoms. The Kier molecular flexibility index (Phi) is 13.8. The molecule has 67 heavy (non-hydrogen) atoms. The minimum absolute atomic E-state index is 0.112. The van der Waals surface area contributed by atoms with Crippen molar-refractivity contribution in [2.45, 2.75) is 211 Å². The van der Waals surface area contributed by atoms with Gasteiger partial charge in [-0.05, 0) is 109 Å². The van der Waals surface area contributed by atoms with Gasteiger partial charge in [-0.1, -0.05) is 60.1 Å². The summed E-state index contributed by atoms with van der Waals surface area (Å²) in [5.41, 5.74) is -0.956. The van der Waals surface area contributed by atoms with E-state index in [0.29, 0.717) is 32.1 Å². The molecule has 8 rings (SSSR count). The molecule has 5 aliphatic carbocycles. The number of hydrogen-bond acceptors (Lipinski definition) is 18. The van der Waals surface area contributed by atoms with Crippen molar-refractivity contribution >= 4 is 11.9 Å². The molecular formula is C48H76O19. The zero-order valence-electron chi connectivity index (χ0n) is 39.7. The van der Waals surface area contributed by atoms with Crippen molar-refractivity contribution in [1.29, 1.82) is 0 Å². The molecule has 4 saturated carbocycles. The minimum atomic E-state index is -1.82. The first-order chi connectivity index (χ1) is 31.2. The van der Waals surface area contributed by atoms with E-state index in [4.69, 9.17) is 28.4 Å². The van der Waals surface area contributed by atoms with E-state index in [-0.39, 0.29) is 39.4 Å². The summed E-state index contributed by atoms with van der Waals surface area (Å²) in [6.07, 6.45) is -15.7. The topological polar surface area (TPSA) is 312 Å². The Hall–Kier alpha value is -1.92. The molecule has 11 N–H and O–H groups in total. The van der Waals surface area contributed by atoms with Gasteiger partial charge in [0.05, 0.1) is 24.7 Å². The van der Waals surface area contributed by atoms with Crippen molar-refractivity contribution in [3.8, 4) is 0 Å². The Bertz CT molecular complexity index is 1880. The second-order valence-corrected chi connectivity index (χ2v) is 23.5. The van der Waals surface area contributed by atoms with E-state index in [0.717, 1.165) is 32.1 Å². The largest absolute Gasteiger partial charge is 0.479 e. The van der Waals surface area contributed by atoms with E-state index < -0.39 is 134 Å². The number of carboxylic acid groups (broad SMARTS) is 1. The molecule has 8 aliphatic rings. The van der Waals surface area contributed by atoms with Crippen LogP contribution in [0.25, 0.3) is 0 Å². The van der Waals surface area contributed by atoms with Crippen LogP contribution in [0.5, 0.6) is 0 Å². The van der Waals surface area contributed by atoms with Gasteiger partial charge in [-0.2, -0.15) is 0 Å². The third-order valence-corrected chi connectivity index (χ3v) is 19.3. The number of carboxylic acids is 1. The number of hydrogen-bond donors (Lipinski definition) is 11. The summed E-state index contributed by atoms with van der Waals surface area (Å²) in [5, 5.41) is 115. The fraction of sp³-hybridized carbons (Fsp3) is 0.917. The Labute approximate surface area is 391 Å². The lowest BCUT2D eigenvalue weighted by Gasteiger charge is -2.71. The summed E-state index contributed by atoms with van der Waals surface area (Å²) in [5.74, 6) is -1.83. The Morgan fingerprint density at radius 1 is 0.657 bits per heavy atom. The first kappa shape index (κ1) is 51.4. The second kappa shape index (κ2) is 18.0. The smallest absolute Gasteiger partial charge is 0.335 e. The third kappa shape index (κ3) is 8.15. The van der Waals surface area contributed by atoms with E-state index in [1.165, 1.54) is 5.57 Å². The predicted molar refractivity (Wildman–Crippen MR) is 231 cm³/mol. The summed E-state index contributed by atoms with van der Waals surface area (Å²) < 4.78 is 35.1. The fourth-order valence-electron chi connectivity index (χ4n) is 14.9. The zero-order valence-corrected chi connectivity index (χ0v) is 39.7. The quantitative estimate of drug-likeness (QED) is 0.0838. The van der Waals surface area contributed by atoms with Gasteiger partial charge in [0, 0.05) is 0 Å². The Morgan fingerprint density at radius 2 is 1.25 bits per heavy atom. The Morgan fingerprint density at radius 3 is 1.91 bits per heavy atom. The van der Waals surface area contributed by atoms with E-state index in [2.05, 4.69) is 54.5 Å². The number of esters is 1. The molecule has 19 nitrogen and oxygen atoms in total. The number of ether oxygens (including phenoxy) is 6. The molecule has 0 amide bonds. The lowest BCUT2D eigenvalue weighted by molar-refractivity contribution is -0.328. The highest BCUT2D eigenvalue weighted by Crippen LogP contribution is 2.76. The first-order valence-corrected chi connectivity index (χ1v) is 24.3. The number of carbonyl (C=O) groups is 2. The van der Waals surface area contributed by atoms with Crippen LogP contribution in [0.15, 0.2) is 11.6 Å². The van der Waals surface area contributed by atoms with Gasteiger partial charge >= 0.3 is 11.9 Å². The molecule has 0 aromatic rings. The molecule has 3 heterocycles. The molecule has 19 heteroatoms. The van der Waals surface area contributed by atoms with Crippen LogP contribution in [0, 0.1) is 50.2 Å². The molecule has 382 valence electrons. The predicted octanol–water partition coefficient (Wildman–Crippen LogP) is 0.233. The van der Waals surface area contributed by atoms with Gasteiger partial charge in [0.2, 0.25) is 6.29 Å². The van der Waals surface area contributed by atoms with E-state index in [1.807, 2.05) is 0 Å². The van der Waals surface area contributed by atoms with E-state index >= 15 is 0 Å². The highest BCUT2D eigenvalue weighted by molar-refractivity contribution is 5.79. The molecule has 0 bridgehead atoms. The van der Waals surface area contributed by atoms with Crippen LogP contribution < -0.4 is 0 Å². The van der Waals surface area contributed by atoms with Crippen molar-refractivity contribution in [3.05, 3.63) is 11.6 Å². The monoisotopic (exact) mass is 956 g/mol. The number of aliphatic hydroxyl groups is 10. The van der Waals surface area contributed by atoms with Crippen molar-refractivity contribution in [3.63, 3.8) is 0 Å². The van der Waals surface area contributed by atoms with Crippen molar-refractivity contribution in [2.75, 3.05) is 13.2 Å². The van der Waals surface area contributed by atoms with Crippen LogP contribution in [0.4, 0.5) is 0 Å². The van der Waals surface area contributed by atoms with Crippen LogP contribution in [-0.2, 0) is 38.0 Å². The molecule has 3 saturated heterocycles. The second-order valence-electron chi connectivity index (χ2n) is 23.5. The lowest BCUT2D eigenvalue weighted by atomic mass is 9.33. The number of fused-ring (bicyclic) bond motifs is 7. The molecular weight excluding hydrogens is 881 g/mol. The van der Waals surface area contributed by atoms with Gasteiger partial charge in [-0.15, -0.1) is 0 Å². The maximum atomic E-state index is 15.0. The number of allylic oxidation sites excluding steroid dienone is 2. The number of carbonyl (C=O) groups excluding carboxylic acids is 1. The van der Waals surface area contributed by atoms with Crippen molar-refractivity contribution in [1.82, 2.24) is 0 Å². The molecule has 0 aromatic heterocycles. The number of aliphatic hydroxyl groups excluding tert-OH is 10. The summed E-state index contributed by atoms with van der Waals surface area (Å²) in [6.45, 7) is 14.6. The molecule has 0 radical (unpaired) electrons. The van der Waals surface area contributed by atoms with Crippen molar-refractivity contribution < 1.29 is 94.2 Å². The van der Waals surface area contributed by atoms with Crippen molar-refractivity contribution in [2.24, 2.45) is 50.2 Å². The van der Waals surface area contributed by atoms with Gasteiger partial charge in [0.1, 0.15) is 67.1 Å². The van der Waals surface area contributed by atoms with Crippen LogP contribution in [-0.4, -0.2) is 180 Å². The van der Waals surface area contributed by atoms with E-state index in [1.54, 1.807) is 0 Å². The third-order valence-electron chi connectivity index (χ3n) is 19.3. The highest BCUT2D eigenvalue weighted by Gasteiger charge is 2.70. The van der Waals surface area contributed by atoms with Crippen LogP contribution in [0.1, 0.15) is 113 Å². The molecule has 23 atom stereocenters. The average Bonchev–Trinajstić information content (AvgIpc) is 3.26. The summed E-state index contributed by atoms with van der Waals surface area (Å²) in [6, 6.07) is 0. The summed E-state index contributed by atoms with van der Waals surface area (Å²) in [4.78, 5) is 26.8. The fourth-order valence-corrected chi connectivity index (χ4v) is 14.9. The minimum Gasteiger partial charge on any atom is -0.479 e. The number of aliphatic carboxylic acids is 1. The first-order valence-electron chi connectivity index (χ1n) is 24.3. The van der Waals surface area contributed by atoms with Gasteiger partial charge in [0.25, 0.3) is 0 Å². The van der Waals surface area contributed by atoms with E-state index in [9.17, 15) is 65.8 Å².